The molecule has 2 heterocycles. The second kappa shape index (κ2) is 7.84. The van der Waals surface area contributed by atoms with Crippen molar-refractivity contribution in [3.05, 3.63) is 30.3 Å². The van der Waals surface area contributed by atoms with E-state index in [4.69, 9.17) is 4.74 Å². The normalized spacial score (nSPS) is 19.7. The summed E-state index contributed by atoms with van der Waals surface area (Å²) in [6, 6.07) is 9.69. The molecule has 1 amide bonds. The van der Waals surface area contributed by atoms with Gasteiger partial charge in [0.05, 0.1) is 13.0 Å². The zero-order valence-corrected chi connectivity index (χ0v) is 13.7. The van der Waals surface area contributed by atoms with Gasteiger partial charge >= 0.3 is 0 Å². The SMILES string of the molecule is Cl.O=C(CCOc1ccccc1)N1CCC2(CCNCC2)C1. The van der Waals surface area contributed by atoms with E-state index < -0.39 is 0 Å². The number of nitrogens with one attached hydrogen (secondary N) is 1. The van der Waals surface area contributed by atoms with Crippen molar-refractivity contribution in [1.82, 2.24) is 10.2 Å². The van der Waals surface area contributed by atoms with E-state index in [9.17, 15) is 4.79 Å². The molecule has 2 aliphatic rings. The van der Waals surface area contributed by atoms with Crippen LogP contribution in [0.3, 0.4) is 0 Å². The van der Waals surface area contributed by atoms with Crippen LogP contribution >= 0.6 is 12.4 Å². The van der Waals surface area contributed by atoms with Crippen LogP contribution in [0.4, 0.5) is 0 Å². The summed E-state index contributed by atoms with van der Waals surface area (Å²) in [5.74, 6) is 1.07. The Labute approximate surface area is 138 Å². The van der Waals surface area contributed by atoms with Gasteiger partial charge < -0.3 is 15.0 Å². The van der Waals surface area contributed by atoms with Crippen LogP contribution in [0.1, 0.15) is 25.7 Å². The molecule has 122 valence electrons. The van der Waals surface area contributed by atoms with Crippen LogP contribution in [0.2, 0.25) is 0 Å². The van der Waals surface area contributed by atoms with Crippen molar-refractivity contribution in [3.63, 3.8) is 0 Å². The number of carbonyl (C=O) groups is 1. The molecule has 0 aliphatic carbocycles. The number of hydrogen-bond donors (Lipinski definition) is 1. The molecule has 1 N–H and O–H groups in total. The maximum Gasteiger partial charge on any atom is 0.226 e. The van der Waals surface area contributed by atoms with E-state index in [0.717, 1.165) is 31.9 Å². The first-order valence-electron chi connectivity index (χ1n) is 7.94. The van der Waals surface area contributed by atoms with Gasteiger partial charge in [-0.15, -0.1) is 12.4 Å². The fourth-order valence-electron chi connectivity index (χ4n) is 3.44. The van der Waals surface area contributed by atoms with E-state index in [2.05, 4.69) is 5.32 Å². The molecule has 0 bridgehead atoms. The lowest BCUT2D eigenvalue weighted by molar-refractivity contribution is -0.131. The van der Waals surface area contributed by atoms with Gasteiger partial charge in [0.1, 0.15) is 5.75 Å². The number of piperidine rings is 1. The van der Waals surface area contributed by atoms with Crippen molar-refractivity contribution < 1.29 is 9.53 Å². The highest BCUT2D eigenvalue weighted by Gasteiger charge is 2.40. The molecular formula is C17H25ClN2O2. The standard InChI is InChI=1S/C17H24N2O2.ClH/c20-16(6-13-21-15-4-2-1-3-5-15)19-12-9-17(14-19)7-10-18-11-8-17;/h1-5,18H,6-14H2;1H. The second-order valence-corrected chi connectivity index (χ2v) is 6.23. The predicted octanol–water partition coefficient (Wildman–Crippen LogP) is 2.48. The number of amides is 1. The zero-order valence-electron chi connectivity index (χ0n) is 12.9. The summed E-state index contributed by atoms with van der Waals surface area (Å²) >= 11 is 0. The minimum Gasteiger partial charge on any atom is -0.493 e. The highest BCUT2D eigenvalue weighted by molar-refractivity contribution is 5.85. The smallest absolute Gasteiger partial charge is 0.226 e. The van der Waals surface area contributed by atoms with Gasteiger partial charge in [-0.25, -0.2) is 0 Å². The average molecular weight is 325 g/mol. The Morgan fingerprint density at radius 1 is 1.18 bits per heavy atom. The van der Waals surface area contributed by atoms with Gasteiger partial charge in [-0.1, -0.05) is 18.2 Å². The van der Waals surface area contributed by atoms with Crippen LogP contribution in [0.5, 0.6) is 5.75 Å². The minimum atomic E-state index is 0. The van der Waals surface area contributed by atoms with Gasteiger partial charge in [0, 0.05) is 13.1 Å². The molecule has 5 heteroatoms. The number of carbonyl (C=O) groups excluding carboxylic acids is 1. The van der Waals surface area contributed by atoms with Crippen molar-refractivity contribution in [3.8, 4) is 5.75 Å². The van der Waals surface area contributed by atoms with Crippen molar-refractivity contribution in [2.75, 3.05) is 32.8 Å². The molecule has 2 aliphatic heterocycles. The Bertz CT molecular complexity index is 475. The lowest BCUT2D eigenvalue weighted by atomic mass is 9.78. The van der Waals surface area contributed by atoms with Crippen LogP contribution in [-0.2, 0) is 4.79 Å². The average Bonchev–Trinajstić information content (AvgIpc) is 2.93. The number of para-hydroxylation sites is 1. The third-order valence-electron chi connectivity index (χ3n) is 4.78. The summed E-state index contributed by atoms with van der Waals surface area (Å²) in [7, 11) is 0. The topological polar surface area (TPSA) is 41.6 Å². The van der Waals surface area contributed by atoms with E-state index >= 15 is 0 Å². The van der Waals surface area contributed by atoms with Gasteiger partial charge in [-0.3, -0.25) is 4.79 Å². The number of likely N-dealkylation sites (tertiary alicyclic amines) is 1. The summed E-state index contributed by atoms with van der Waals surface area (Å²) in [6.07, 6.45) is 4.05. The number of hydrogen-bond acceptors (Lipinski definition) is 3. The molecule has 2 saturated heterocycles. The van der Waals surface area contributed by atoms with Crippen molar-refractivity contribution in [2.24, 2.45) is 5.41 Å². The van der Waals surface area contributed by atoms with Crippen molar-refractivity contribution in [2.45, 2.75) is 25.7 Å². The fourth-order valence-corrected chi connectivity index (χ4v) is 3.44. The summed E-state index contributed by atoms with van der Waals surface area (Å²) in [4.78, 5) is 14.3. The molecule has 4 nitrogen and oxygen atoms in total. The molecule has 2 fully saturated rings. The zero-order chi connectivity index (χ0) is 14.5. The number of rotatable bonds is 4. The van der Waals surface area contributed by atoms with Gasteiger partial charge in [0.25, 0.3) is 0 Å². The lowest BCUT2D eigenvalue weighted by Crippen LogP contribution is -2.40. The molecule has 0 radical (unpaired) electrons. The third kappa shape index (κ3) is 4.14. The van der Waals surface area contributed by atoms with E-state index in [1.54, 1.807) is 0 Å². The van der Waals surface area contributed by atoms with Gasteiger partial charge in [0.2, 0.25) is 5.91 Å². The van der Waals surface area contributed by atoms with Crippen molar-refractivity contribution in [1.29, 1.82) is 0 Å². The third-order valence-corrected chi connectivity index (χ3v) is 4.78. The molecule has 3 rings (SSSR count). The molecule has 0 saturated carbocycles. The number of ether oxygens (including phenoxy) is 1. The van der Waals surface area contributed by atoms with Crippen molar-refractivity contribution >= 4 is 18.3 Å². The summed E-state index contributed by atoms with van der Waals surface area (Å²) in [5, 5.41) is 3.41. The van der Waals surface area contributed by atoms with Crippen LogP contribution in [0, 0.1) is 5.41 Å². The van der Waals surface area contributed by atoms with Crippen LogP contribution in [0.15, 0.2) is 30.3 Å². The first-order chi connectivity index (χ1) is 10.3. The van der Waals surface area contributed by atoms with Gasteiger partial charge in [0.15, 0.2) is 0 Å². The molecule has 1 aromatic rings. The molecular weight excluding hydrogens is 300 g/mol. The number of nitrogens with zero attached hydrogens (tertiary/aromatic N) is 1. The first-order valence-corrected chi connectivity index (χ1v) is 7.94. The van der Waals surface area contributed by atoms with E-state index in [0.29, 0.717) is 18.4 Å². The van der Waals surface area contributed by atoms with Crippen LogP contribution in [0.25, 0.3) is 0 Å². The molecule has 22 heavy (non-hydrogen) atoms. The minimum absolute atomic E-state index is 0. The van der Waals surface area contributed by atoms with E-state index in [-0.39, 0.29) is 18.3 Å². The molecule has 0 aromatic heterocycles. The quantitative estimate of drug-likeness (QED) is 0.925. The van der Waals surface area contributed by atoms with E-state index in [1.807, 2.05) is 35.2 Å². The highest BCUT2D eigenvalue weighted by atomic mass is 35.5. The number of halogens is 1. The second-order valence-electron chi connectivity index (χ2n) is 6.23. The Hall–Kier alpha value is -1.26. The monoisotopic (exact) mass is 324 g/mol. The molecule has 0 atom stereocenters. The molecule has 1 spiro atoms. The summed E-state index contributed by atoms with van der Waals surface area (Å²) in [6.45, 7) is 4.52. The molecule has 1 aromatic carbocycles. The Morgan fingerprint density at radius 3 is 2.64 bits per heavy atom. The number of benzene rings is 1. The maximum absolute atomic E-state index is 12.3. The van der Waals surface area contributed by atoms with E-state index in [1.165, 1.54) is 19.3 Å². The van der Waals surface area contributed by atoms with Gasteiger partial charge in [-0.2, -0.15) is 0 Å². The van der Waals surface area contributed by atoms with Crippen LogP contribution in [-0.4, -0.2) is 43.6 Å². The first kappa shape index (κ1) is 17.1. The largest absolute Gasteiger partial charge is 0.493 e. The molecule has 0 unspecified atom stereocenters. The fraction of sp³-hybridized carbons (Fsp3) is 0.588. The maximum atomic E-state index is 12.3. The Balaban J connectivity index is 0.00000176. The highest BCUT2D eigenvalue weighted by Crippen LogP contribution is 2.38. The van der Waals surface area contributed by atoms with Crippen LogP contribution < -0.4 is 10.1 Å². The predicted molar refractivity (Wildman–Crippen MR) is 89.5 cm³/mol. The Kier molecular flexibility index (Phi) is 6.09. The summed E-state index contributed by atoms with van der Waals surface area (Å²) in [5.41, 5.74) is 0.390. The lowest BCUT2D eigenvalue weighted by Gasteiger charge is -2.33. The van der Waals surface area contributed by atoms with Gasteiger partial charge in [-0.05, 0) is 49.9 Å². The summed E-state index contributed by atoms with van der Waals surface area (Å²) < 4.78 is 5.62. The Morgan fingerprint density at radius 2 is 1.91 bits per heavy atom.